The molecule has 4 nitrogen and oxygen atoms in total. The Kier molecular flexibility index (Phi) is 6.25. The summed E-state index contributed by atoms with van der Waals surface area (Å²) >= 11 is 0. The van der Waals surface area contributed by atoms with Gasteiger partial charge in [0.15, 0.2) is 0 Å². The number of nitrogens with zero attached hydrogens (tertiary/aromatic N) is 3. The van der Waals surface area contributed by atoms with E-state index in [2.05, 4.69) is 29.0 Å². The minimum absolute atomic E-state index is 0.630. The number of hydrogen-bond acceptors (Lipinski definition) is 4. The van der Waals surface area contributed by atoms with Crippen molar-refractivity contribution in [1.82, 2.24) is 15.3 Å². The second-order valence-electron chi connectivity index (χ2n) is 5.65. The highest BCUT2D eigenvalue weighted by atomic mass is 15.2. The molecule has 0 aliphatic carbocycles. The quantitative estimate of drug-likeness (QED) is 0.810. The van der Waals surface area contributed by atoms with Crippen LogP contribution in [0.3, 0.4) is 0 Å². The molecule has 1 saturated heterocycles. The van der Waals surface area contributed by atoms with E-state index >= 15 is 0 Å². The minimum Gasteiger partial charge on any atom is -0.352 e. The monoisotopic (exact) mass is 276 g/mol. The summed E-state index contributed by atoms with van der Waals surface area (Å²) in [6.07, 6.45) is 11.4. The lowest BCUT2D eigenvalue weighted by molar-refractivity contribution is 0.550. The summed E-state index contributed by atoms with van der Waals surface area (Å²) in [4.78, 5) is 11.7. The van der Waals surface area contributed by atoms with Gasteiger partial charge in [-0.2, -0.15) is 0 Å². The van der Waals surface area contributed by atoms with E-state index in [0.717, 1.165) is 37.6 Å². The zero-order chi connectivity index (χ0) is 14.2. The van der Waals surface area contributed by atoms with E-state index in [4.69, 9.17) is 4.98 Å². The normalized spacial score (nSPS) is 19.9. The van der Waals surface area contributed by atoms with Crippen LogP contribution < -0.4 is 10.2 Å². The zero-order valence-electron chi connectivity index (χ0n) is 12.9. The number of anilines is 1. The molecule has 1 aliphatic heterocycles. The average molecular weight is 276 g/mol. The first kappa shape index (κ1) is 15.2. The molecule has 0 amide bonds. The molecule has 112 valence electrons. The van der Waals surface area contributed by atoms with Crippen LogP contribution in [0.15, 0.2) is 12.4 Å². The lowest BCUT2D eigenvalue weighted by Crippen LogP contribution is -2.35. The lowest BCUT2D eigenvalue weighted by atomic mass is 10.1. The van der Waals surface area contributed by atoms with Crippen molar-refractivity contribution in [2.45, 2.75) is 65.0 Å². The van der Waals surface area contributed by atoms with Crippen molar-refractivity contribution in [2.24, 2.45) is 0 Å². The lowest BCUT2D eigenvalue weighted by Gasteiger charge is -2.30. The van der Waals surface area contributed by atoms with Gasteiger partial charge in [-0.1, -0.05) is 26.7 Å². The summed E-state index contributed by atoms with van der Waals surface area (Å²) in [7, 11) is 0. The van der Waals surface area contributed by atoms with Crippen LogP contribution in [0.2, 0.25) is 0 Å². The summed E-state index contributed by atoms with van der Waals surface area (Å²) < 4.78 is 0. The maximum Gasteiger partial charge on any atom is 0.147 e. The van der Waals surface area contributed by atoms with Gasteiger partial charge in [0.05, 0.1) is 11.9 Å². The van der Waals surface area contributed by atoms with Gasteiger partial charge in [0.25, 0.3) is 0 Å². The molecule has 1 atom stereocenters. The number of aromatic nitrogens is 2. The summed E-state index contributed by atoms with van der Waals surface area (Å²) in [5, 5.41) is 3.40. The average Bonchev–Trinajstić information content (AvgIpc) is 2.73. The molecule has 1 aromatic heterocycles. The molecule has 1 unspecified atom stereocenters. The number of nitrogens with one attached hydrogen (secondary N) is 1. The van der Waals surface area contributed by atoms with Crippen LogP contribution in [0.1, 0.15) is 58.1 Å². The van der Waals surface area contributed by atoms with E-state index in [1.807, 2.05) is 12.4 Å². The minimum atomic E-state index is 0.630. The van der Waals surface area contributed by atoms with Crippen LogP contribution in [0, 0.1) is 0 Å². The van der Waals surface area contributed by atoms with Crippen molar-refractivity contribution >= 4 is 5.82 Å². The second kappa shape index (κ2) is 8.20. The Bertz CT molecular complexity index is 394. The third kappa shape index (κ3) is 4.17. The third-order valence-corrected chi connectivity index (χ3v) is 4.05. The van der Waals surface area contributed by atoms with E-state index in [0.29, 0.717) is 6.04 Å². The molecular weight excluding hydrogens is 248 g/mol. The van der Waals surface area contributed by atoms with E-state index < -0.39 is 0 Å². The van der Waals surface area contributed by atoms with Gasteiger partial charge in [-0.05, 0) is 32.2 Å². The van der Waals surface area contributed by atoms with Crippen molar-refractivity contribution in [3.63, 3.8) is 0 Å². The van der Waals surface area contributed by atoms with Gasteiger partial charge in [-0.3, -0.25) is 4.98 Å². The molecule has 2 heterocycles. The van der Waals surface area contributed by atoms with Crippen LogP contribution in [0.25, 0.3) is 0 Å². The van der Waals surface area contributed by atoms with Crippen LogP contribution >= 0.6 is 0 Å². The topological polar surface area (TPSA) is 41.1 Å². The van der Waals surface area contributed by atoms with Gasteiger partial charge in [0.2, 0.25) is 0 Å². The first-order valence-corrected chi connectivity index (χ1v) is 8.13. The van der Waals surface area contributed by atoms with Crippen molar-refractivity contribution in [1.29, 1.82) is 0 Å². The van der Waals surface area contributed by atoms with Gasteiger partial charge in [-0.15, -0.1) is 0 Å². The van der Waals surface area contributed by atoms with E-state index in [1.165, 1.54) is 32.1 Å². The molecule has 1 fully saturated rings. The fourth-order valence-electron chi connectivity index (χ4n) is 2.92. The molecule has 0 spiro atoms. The molecule has 20 heavy (non-hydrogen) atoms. The van der Waals surface area contributed by atoms with Gasteiger partial charge >= 0.3 is 0 Å². The van der Waals surface area contributed by atoms with Crippen LogP contribution in [0.5, 0.6) is 0 Å². The molecule has 1 aromatic rings. The Balaban J connectivity index is 2.07. The summed E-state index contributed by atoms with van der Waals surface area (Å²) in [5.74, 6) is 1.06. The molecular formula is C16H28N4. The molecule has 1 aliphatic rings. The van der Waals surface area contributed by atoms with Gasteiger partial charge in [0, 0.05) is 25.3 Å². The standard InChI is InChI=1S/C16H28N4/c1-3-9-17-11-14-12-18-13-16(19-14)20-10-7-5-6-8-15(20)4-2/h12-13,15,17H,3-11H2,1-2H3. The van der Waals surface area contributed by atoms with E-state index in [1.54, 1.807) is 0 Å². The smallest absolute Gasteiger partial charge is 0.147 e. The predicted molar refractivity (Wildman–Crippen MR) is 83.9 cm³/mol. The third-order valence-electron chi connectivity index (χ3n) is 4.05. The highest BCUT2D eigenvalue weighted by Crippen LogP contribution is 2.23. The molecule has 1 N–H and O–H groups in total. The summed E-state index contributed by atoms with van der Waals surface area (Å²) in [6.45, 7) is 7.44. The fourth-order valence-corrected chi connectivity index (χ4v) is 2.92. The predicted octanol–water partition coefficient (Wildman–Crippen LogP) is 3.14. The molecule has 0 radical (unpaired) electrons. The molecule has 2 rings (SSSR count). The first-order valence-electron chi connectivity index (χ1n) is 8.13. The Labute approximate surface area is 123 Å². The highest BCUT2D eigenvalue weighted by molar-refractivity contribution is 5.38. The van der Waals surface area contributed by atoms with Crippen molar-refractivity contribution in [3.8, 4) is 0 Å². The maximum atomic E-state index is 4.81. The first-order chi connectivity index (χ1) is 9.85. The van der Waals surface area contributed by atoms with Gasteiger partial charge < -0.3 is 10.2 Å². The van der Waals surface area contributed by atoms with Gasteiger partial charge in [-0.25, -0.2) is 4.98 Å². The Morgan fingerprint density at radius 1 is 1.25 bits per heavy atom. The van der Waals surface area contributed by atoms with E-state index in [-0.39, 0.29) is 0 Å². The van der Waals surface area contributed by atoms with Crippen LogP contribution in [-0.4, -0.2) is 29.1 Å². The van der Waals surface area contributed by atoms with E-state index in [9.17, 15) is 0 Å². The molecule has 0 bridgehead atoms. The van der Waals surface area contributed by atoms with Crippen LogP contribution in [-0.2, 0) is 6.54 Å². The highest BCUT2D eigenvalue weighted by Gasteiger charge is 2.21. The van der Waals surface area contributed by atoms with Crippen molar-refractivity contribution in [3.05, 3.63) is 18.1 Å². The Morgan fingerprint density at radius 3 is 2.95 bits per heavy atom. The number of hydrogen-bond donors (Lipinski definition) is 1. The maximum absolute atomic E-state index is 4.81. The molecule has 4 heteroatoms. The number of rotatable bonds is 6. The largest absolute Gasteiger partial charge is 0.352 e. The zero-order valence-corrected chi connectivity index (χ0v) is 12.9. The van der Waals surface area contributed by atoms with Crippen molar-refractivity contribution in [2.75, 3.05) is 18.0 Å². The SMILES string of the molecule is CCCNCc1cncc(N2CCCCCC2CC)n1. The van der Waals surface area contributed by atoms with Crippen molar-refractivity contribution < 1.29 is 0 Å². The summed E-state index contributed by atoms with van der Waals surface area (Å²) in [5.41, 5.74) is 1.05. The molecule has 0 aromatic carbocycles. The Morgan fingerprint density at radius 2 is 2.15 bits per heavy atom. The summed E-state index contributed by atoms with van der Waals surface area (Å²) in [6, 6.07) is 0.630. The van der Waals surface area contributed by atoms with Gasteiger partial charge in [0.1, 0.15) is 5.82 Å². The molecule has 0 saturated carbocycles. The second-order valence-corrected chi connectivity index (χ2v) is 5.65. The Hall–Kier alpha value is -1.16. The van der Waals surface area contributed by atoms with Crippen LogP contribution in [0.4, 0.5) is 5.82 Å². The fraction of sp³-hybridized carbons (Fsp3) is 0.750.